The average Bonchev–Trinajstić information content (AvgIpc) is 4.01. The molecule has 0 amide bonds. The van der Waals surface area contributed by atoms with Gasteiger partial charge in [0, 0.05) is 27.3 Å². The first kappa shape index (κ1) is 36.0. The Morgan fingerprint density at radius 2 is 0.742 bits per heavy atom. The summed E-state index contributed by atoms with van der Waals surface area (Å²) < 4.78 is 1.98. The van der Waals surface area contributed by atoms with Crippen molar-refractivity contribution in [2.24, 2.45) is 0 Å². The van der Waals surface area contributed by atoms with Crippen LogP contribution in [0, 0.1) is 0 Å². The van der Waals surface area contributed by atoms with Gasteiger partial charge in [0.1, 0.15) is 5.82 Å². The molecule has 1 heterocycles. The molecular formula is C59H40N2O. The predicted molar refractivity (Wildman–Crippen MR) is 255 cm³/mol. The first-order valence-electron chi connectivity index (χ1n) is 21.4. The molecular weight excluding hydrogens is 753 g/mol. The Balaban J connectivity index is 1.36. The van der Waals surface area contributed by atoms with Crippen LogP contribution in [-0.2, 0) is 10.8 Å². The highest BCUT2D eigenvalue weighted by Crippen LogP contribution is 2.76. The monoisotopic (exact) mass is 792 g/mol. The van der Waals surface area contributed by atoms with Crippen LogP contribution in [0.5, 0.6) is 0 Å². The minimum Gasteiger partial charge on any atom is -0.268 e. The van der Waals surface area contributed by atoms with E-state index in [2.05, 4.69) is 200 Å². The van der Waals surface area contributed by atoms with Crippen LogP contribution in [0.3, 0.4) is 0 Å². The molecule has 2 aliphatic carbocycles. The average molecular weight is 793 g/mol. The minimum absolute atomic E-state index is 0.114. The standard InChI is InChI=1S/C59H40N2O/c62-57(43-29-13-4-14-30-43)61-55-49-38-22-20-36-47(49)46-35-19-21-37-48(46)54(55)60-56(61)53-52(42-27-11-3-12-28-42)58(44-31-15-5-16-32-44)39-59(53,45-33-17-6-18-34-45)51(41-25-9-2-10-26-41)50(58)40-23-7-1-8-24-40/h1-38H,39H2. The first-order chi connectivity index (χ1) is 30.7. The molecule has 292 valence electrons. The van der Waals surface area contributed by atoms with Gasteiger partial charge in [0.15, 0.2) is 0 Å². The molecule has 3 nitrogen and oxygen atoms in total. The van der Waals surface area contributed by atoms with E-state index in [1.807, 2.05) is 34.9 Å². The molecule has 0 N–H and O–H groups in total. The van der Waals surface area contributed by atoms with Crippen molar-refractivity contribution in [2.45, 2.75) is 17.3 Å². The van der Waals surface area contributed by atoms with Gasteiger partial charge in [0.05, 0.1) is 16.4 Å². The van der Waals surface area contributed by atoms with Gasteiger partial charge in [0.2, 0.25) is 0 Å². The van der Waals surface area contributed by atoms with Crippen molar-refractivity contribution in [1.82, 2.24) is 9.55 Å². The van der Waals surface area contributed by atoms with E-state index in [0.29, 0.717) is 17.8 Å². The summed E-state index contributed by atoms with van der Waals surface area (Å²) in [5.74, 6) is 0.549. The highest BCUT2D eigenvalue weighted by molar-refractivity contribution is 6.28. The Kier molecular flexibility index (Phi) is 8.20. The Morgan fingerprint density at radius 3 is 1.23 bits per heavy atom. The summed E-state index contributed by atoms with van der Waals surface area (Å²) in [6.07, 6.45) is 0.701. The molecule has 9 aromatic carbocycles. The highest BCUT2D eigenvalue weighted by Gasteiger charge is 2.66. The number of nitrogens with zero attached hydrogens (tertiary/aromatic N) is 2. The highest BCUT2D eigenvalue weighted by atomic mass is 16.2. The topological polar surface area (TPSA) is 34.9 Å². The number of benzene rings is 9. The number of hydrogen-bond acceptors (Lipinski definition) is 2. The zero-order chi connectivity index (χ0) is 41.3. The summed E-state index contributed by atoms with van der Waals surface area (Å²) in [6.45, 7) is 0. The summed E-state index contributed by atoms with van der Waals surface area (Å²) in [7, 11) is 0. The third kappa shape index (κ3) is 5.06. The van der Waals surface area contributed by atoms with Crippen LogP contribution in [0.15, 0.2) is 231 Å². The van der Waals surface area contributed by atoms with Crippen LogP contribution in [0.1, 0.15) is 50.4 Å². The van der Waals surface area contributed by atoms with E-state index in [-0.39, 0.29) is 5.91 Å². The van der Waals surface area contributed by atoms with Gasteiger partial charge in [0.25, 0.3) is 5.91 Å². The number of fused-ring (bicyclic) bond motifs is 8. The van der Waals surface area contributed by atoms with Gasteiger partial charge in [-0.05, 0) is 73.9 Å². The van der Waals surface area contributed by atoms with E-state index in [9.17, 15) is 0 Å². The lowest BCUT2D eigenvalue weighted by atomic mass is 9.63. The summed E-state index contributed by atoms with van der Waals surface area (Å²) in [5, 5.41) is 4.20. The fourth-order valence-electron chi connectivity index (χ4n) is 11.2. The molecule has 0 fully saturated rings. The molecule has 0 radical (unpaired) electrons. The SMILES string of the molecule is O=C(c1ccccc1)n1c(C2=C(c3ccccc3)C3(c4ccccc4)CC2(c2ccccc2)C(c2ccccc2)=C3c2ccccc2)nc2c3ccccc3c3ccccc3c21. The van der Waals surface area contributed by atoms with Crippen molar-refractivity contribution in [2.75, 3.05) is 0 Å². The van der Waals surface area contributed by atoms with Crippen molar-refractivity contribution in [3.63, 3.8) is 0 Å². The molecule has 2 atom stereocenters. The van der Waals surface area contributed by atoms with Crippen molar-refractivity contribution in [3.8, 4) is 0 Å². The van der Waals surface area contributed by atoms with E-state index in [0.717, 1.165) is 60.4 Å². The molecule has 0 saturated carbocycles. The Morgan fingerprint density at radius 1 is 0.387 bits per heavy atom. The lowest BCUT2D eigenvalue weighted by Crippen LogP contribution is -2.29. The van der Waals surface area contributed by atoms with Crippen LogP contribution >= 0.6 is 0 Å². The largest absolute Gasteiger partial charge is 0.268 e. The molecule has 2 bridgehead atoms. The molecule has 12 rings (SSSR count). The lowest BCUT2D eigenvalue weighted by Gasteiger charge is -2.39. The van der Waals surface area contributed by atoms with Crippen LogP contribution < -0.4 is 0 Å². The smallest absolute Gasteiger partial charge is 0.264 e. The van der Waals surface area contributed by atoms with Crippen molar-refractivity contribution in [1.29, 1.82) is 0 Å². The van der Waals surface area contributed by atoms with Crippen molar-refractivity contribution < 1.29 is 4.79 Å². The molecule has 10 aromatic rings. The molecule has 0 saturated heterocycles. The second-order valence-electron chi connectivity index (χ2n) is 16.5. The summed E-state index contributed by atoms with van der Waals surface area (Å²) in [4.78, 5) is 21.7. The van der Waals surface area contributed by atoms with Gasteiger partial charge in [-0.3, -0.25) is 9.36 Å². The number of aromatic nitrogens is 2. The van der Waals surface area contributed by atoms with Gasteiger partial charge in [-0.15, -0.1) is 0 Å². The van der Waals surface area contributed by atoms with Crippen molar-refractivity contribution in [3.05, 3.63) is 270 Å². The van der Waals surface area contributed by atoms with Gasteiger partial charge in [-0.2, -0.15) is 0 Å². The van der Waals surface area contributed by atoms with E-state index in [1.165, 1.54) is 22.3 Å². The van der Waals surface area contributed by atoms with Crippen LogP contribution in [-0.4, -0.2) is 15.5 Å². The molecule has 0 aliphatic heterocycles. The zero-order valence-corrected chi connectivity index (χ0v) is 33.9. The summed E-state index contributed by atoms with van der Waals surface area (Å²) in [6, 6.07) is 81.6. The maximum absolute atomic E-state index is 15.8. The predicted octanol–water partition coefficient (Wildman–Crippen LogP) is 13.8. The van der Waals surface area contributed by atoms with Gasteiger partial charge in [-0.25, -0.2) is 4.98 Å². The van der Waals surface area contributed by atoms with Gasteiger partial charge < -0.3 is 0 Å². The zero-order valence-electron chi connectivity index (χ0n) is 33.9. The van der Waals surface area contributed by atoms with Gasteiger partial charge >= 0.3 is 0 Å². The van der Waals surface area contributed by atoms with Crippen molar-refractivity contribution >= 4 is 60.8 Å². The number of rotatable bonds is 7. The third-order valence-corrected chi connectivity index (χ3v) is 13.4. The Labute approximate surface area is 360 Å². The molecule has 2 aliphatic rings. The quantitative estimate of drug-likeness (QED) is 0.151. The van der Waals surface area contributed by atoms with E-state index < -0.39 is 10.8 Å². The maximum atomic E-state index is 15.8. The van der Waals surface area contributed by atoms with Gasteiger partial charge in [-0.1, -0.05) is 218 Å². The molecule has 1 aromatic heterocycles. The second-order valence-corrected chi connectivity index (χ2v) is 16.5. The third-order valence-electron chi connectivity index (χ3n) is 13.4. The van der Waals surface area contributed by atoms with E-state index in [1.54, 1.807) is 0 Å². The molecule has 2 unspecified atom stereocenters. The minimum atomic E-state index is -0.781. The fourth-order valence-corrected chi connectivity index (χ4v) is 11.2. The fraction of sp³-hybridized carbons (Fsp3) is 0.0508. The van der Waals surface area contributed by atoms with Crippen LogP contribution in [0.2, 0.25) is 0 Å². The lowest BCUT2D eigenvalue weighted by molar-refractivity contribution is 0.0963. The number of allylic oxidation sites excluding steroid dienone is 4. The number of carbonyl (C=O) groups excluding carboxylic acids is 1. The molecule has 62 heavy (non-hydrogen) atoms. The second kappa shape index (κ2) is 14.1. The number of hydrogen-bond donors (Lipinski definition) is 0. The van der Waals surface area contributed by atoms with E-state index >= 15 is 4.79 Å². The number of imidazole rings is 1. The first-order valence-corrected chi connectivity index (χ1v) is 21.4. The summed E-state index contributed by atoms with van der Waals surface area (Å²) in [5.41, 5.74) is 11.3. The molecule has 0 spiro atoms. The Hall–Kier alpha value is -7.88. The maximum Gasteiger partial charge on any atom is 0.264 e. The summed E-state index contributed by atoms with van der Waals surface area (Å²) >= 11 is 0. The van der Waals surface area contributed by atoms with E-state index in [4.69, 9.17) is 4.98 Å². The number of carbonyl (C=O) groups is 1. The molecule has 3 heteroatoms. The Bertz CT molecular complexity index is 3410. The normalized spacial score (nSPS) is 18.3. The van der Waals surface area contributed by atoms with Crippen LogP contribution in [0.25, 0.3) is 54.9 Å². The van der Waals surface area contributed by atoms with Crippen LogP contribution in [0.4, 0.5) is 0 Å².